The van der Waals surface area contributed by atoms with E-state index in [-0.39, 0.29) is 11.9 Å². The molecule has 0 spiro atoms. The summed E-state index contributed by atoms with van der Waals surface area (Å²) in [6.45, 7) is 0. The molecule has 1 saturated carbocycles. The summed E-state index contributed by atoms with van der Waals surface area (Å²) in [7, 11) is 1.79. The third kappa shape index (κ3) is 2.54. The Kier molecular flexibility index (Phi) is 3.72. The number of aryl methyl sites for hydroxylation is 1. The van der Waals surface area contributed by atoms with Crippen LogP contribution >= 0.6 is 0 Å². The highest BCUT2D eigenvalue weighted by molar-refractivity contribution is 6.07. The van der Waals surface area contributed by atoms with Gasteiger partial charge in [-0.3, -0.25) is 4.79 Å². The van der Waals surface area contributed by atoms with E-state index < -0.39 is 0 Å². The molecular formula is C18H19N5O. The van der Waals surface area contributed by atoms with Crippen molar-refractivity contribution in [3.63, 3.8) is 0 Å². The Hall–Kier alpha value is -2.76. The Bertz CT molecular complexity index is 868. The summed E-state index contributed by atoms with van der Waals surface area (Å²) in [6, 6.07) is 11.9. The molecule has 0 atom stereocenters. The molecule has 24 heavy (non-hydrogen) atoms. The van der Waals surface area contributed by atoms with Crippen molar-refractivity contribution in [3.8, 4) is 0 Å². The third-order valence-electron chi connectivity index (χ3n) is 4.63. The van der Waals surface area contributed by atoms with Crippen LogP contribution in [-0.4, -0.2) is 31.9 Å². The van der Waals surface area contributed by atoms with Crippen LogP contribution in [0.15, 0.2) is 42.6 Å². The highest BCUT2D eigenvalue weighted by Gasteiger charge is 2.29. The Balaban J connectivity index is 1.74. The summed E-state index contributed by atoms with van der Waals surface area (Å²) >= 11 is 0. The van der Waals surface area contributed by atoms with Gasteiger partial charge in [-0.25, -0.2) is 9.67 Å². The predicted octanol–water partition coefficient (Wildman–Crippen LogP) is 2.95. The van der Waals surface area contributed by atoms with Crippen molar-refractivity contribution in [1.29, 1.82) is 0 Å². The number of amides is 1. The van der Waals surface area contributed by atoms with Gasteiger partial charge in [0.1, 0.15) is 5.52 Å². The molecule has 4 rings (SSSR count). The smallest absolute Gasteiger partial charge is 0.260 e. The van der Waals surface area contributed by atoms with Crippen LogP contribution < -0.4 is 4.90 Å². The molecule has 2 heterocycles. The van der Waals surface area contributed by atoms with E-state index >= 15 is 0 Å². The van der Waals surface area contributed by atoms with Crippen molar-refractivity contribution in [3.05, 3.63) is 48.2 Å². The summed E-state index contributed by atoms with van der Waals surface area (Å²) in [5.41, 5.74) is 2.81. The molecule has 122 valence electrons. The van der Waals surface area contributed by atoms with E-state index in [1.54, 1.807) is 24.0 Å². The van der Waals surface area contributed by atoms with Crippen molar-refractivity contribution in [2.24, 2.45) is 7.05 Å². The standard InChI is InChI=1S/C18H19N5O/c1-22-17-16(20-21-22)11-13(12-19-17)18(24)23(15-9-5-6-10-15)14-7-3-2-4-8-14/h2-4,7-8,11-12,15H,5-6,9-10H2,1H3. The number of anilines is 1. The molecule has 3 aromatic rings. The normalized spacial score (nSPS) is 15.0. The second-order valence-electron chi connectivity index (χ2n) is 6.23. The number of benzene rings is 1. The van der Waals surface area contributed by atoms with Crippen molar-refractivity contribution >= 4 is 22.8 Å². The molecule has 1 fully saturated rings. The highest BCUT2D eigenvalue weighted by Crippen LogP contribution is 2.29. The van der Waals surface area contributed by atoms with Crippen LogP contribution in [0, 0.1) is 0 Å². The van der Waals surface area contributed by atoms with E-state index in [4.69, 9.17) is 0 Å². The average Bonchev–Trinajstić information content (AvgIpc) is 3.26. The monoisotopic (exact) mass is 321 g/mol. The van der Waals surface area contributed by atoms with Crippen LogP contribution in [0.2, 0.25) is 0 Å². The lowest BCUT2D eigenvalue weighted by atomic mass is 10.1. The van der Waals surface area contributed by atoms with Crippen molar-refractivity contribution in [1.82, 2.24) is 20.0 Å². The van der Waals surface area contributed by atoms with Crippen molar-refractivity contribution in [2.45, 2.75) is 31.7 Å². The largest absolute Gasteiger partial charge is 0.305 e. The van der Waals surface area contributed by atoms with Gasteiger partial charge in [0, 0.05) is 25.0 Å². The molecule has 0 N–H and O–H groups in total. The van der Waals surface area contributed by atoms with Gasteiger partial charge in [-0.15, -0.1) is 5.10 Å². The number of carbonyl (C=O) groups is 1. The van der Waals surface area contributed by atoms with Crippen LogP contribution in [-0.2, 0) is 7.05 Å². The number of hydrogen-bond acceptors (Lipinski definition) is 4. The molecule has 1 aliphatic rings. The third-order valence-corrected chi connectivity index (χ3v) is 4.63. The van der Waals surface area contributed by atoms with E-state index in [9.17, 15) is 4.79 Å². The van der Waals surface area contributed by atoms with E-state index in [0.29, 0.717) is 16.7 Å². The molecule has 1 aromatic carbocycles. The summed E-state index contributed by atoms with van der Waals surface area (Å²) in [5, 5.41) is 8.03. The average molecular weight is 321 g/mol. The molecule has 0 radical (unpaired) electrons. The molecule has 6 nitrogen and oxygen atoms in total. The number of para-hydroxylation sites is 1. The minimum absolute atomic E-state index is 0.0202. The molecule has 2 aromatic heterocycles. The van der Waals surface area contributed by atoms with Gasteiger partial charge >= 0.3 is 0 Å². The van der Waals surface area contributed by atoms with Gasteiger partial charge in [-0.05, 0) is 31.0 Å². The maximum absolute atomic E-state index is 13.2. The number of carbonyl (C=O) groups excluding carboxylic acids is 1. The van der Waals surface area contributed by atoms with Crippen molar-refractivity contribution < 1.29 is 4.79 Å². The zero-order valence-corrected chi connectivity index (χ0v) is 13.6. The van der Waals surface area contributed by atoms with Gasteiger partial charge in [0.25, 0.3) is 5.91 Å². The lowest BCUT2D eigenvalue weighted by molar-refractivity contribution is 0.0976. The SMILES string of the molecule is Cn1nnc2cc(C(=O)N(c3ccccc3)C3CCCC3)cnc21. The van der Waals surface area contributed by atoms with Gasteiger partial charge in [0.15, 0.2) is 5.65 Å². The molecular weight excluding hydrogens is 302 g/mol. The summed E-state index contributed by atoms with van der Waals surface area (Å²) in [5.74, 6) is -0.0202. The fourth-order valence-corrected chi connectivity index (χ4v) is 3.43. The van der Waals surface area contributed by atoms with Crippen molar-refractivity contribution in [2.75, 3.05) is 4.90 Å². The van der Waals surface area contributed by atoms with Gasteiger partial charge in [-0.1, -0.05) is 36.3 Å². The Labute approximate surface area is 140 Å². The second-order valence-corrected chi connectivity index (χ2v) is 6.23. The lowest BCUT2D eigenvalue weighted by Crippen LogP contribution is -2.39. The number of aromatic nitrogens is 4. The van der Waals surface area contributed by atoms with E-state index in [1.165, 1.54) is 12.8 Å². The molecule has 6 heteroatoms. The van der Waals surface area contributed by atoms with E-state index in [0.717, 1.165) is 18.5 Å². The maximum atomic E-state index is 13.2. The number of pyridine rings is 1. The number of hydrogen-bond donors (Lipinski definition) is 0. The molecule has 0 bridgehead atoms. The first-order chi connectivity index (χ1) is 11.7. The van der Waals surface area contributed by atoms with Gasteiger partial charge in [-0.2, -0.15) is 0 Å². The van der Waals surface area contributed by atoms with Gasteiger partial charge < -0.3 is 4.90 Å². The Morgan fingerprint density at radius 1 is 1.21 bits per heavy atom. The zero-order valence-electron chi connectivity index (χ0n) is 13.6. The molecule has 1 amide bonds. The number of fused-ring (bicyclic) bond motifs is 1. The Morgan fingerprint density at radius 2 is 1.96 bits per heavy atom. The van der Waals surface area contributed by atoms with Gasteiger partial charge in [0.2, 0.25) is 0 Å². The first-order valence-electron chi connectivity index (χ1n) is 8.28. The van der Waals surface area contributed by atoms with E-state index in [2.05, 4.69) is 15.3 Å². The molecule has 0 unspecified atom stereocenters. The van der Waals surface area contributed by atoms with Gasteiger partial charge in [0.05, 0.1) is 5.56 Å². The maximum Gasteiger partial charge on any atom is 0.260 e. The summed E-state index contributed by atoms with van der Waals surface area (Å²) in [6.07, 6.45) is 6.05. The summed E-state index contributed by atoms with van der Waals surface area (Å²) in [4.78, 5) is 19.5. The van der Waals surface area contributed by atoms with Crippen LogP contribution in [0.5, 0.6) is 0 Å². The Morgan fingerprint density at radius 3 is 2.71 bits per heavy atom. The minimum atomic E-state index is -0.0202. The number of nitrogens with zero attached hydrogens (tertiary/aromatic N) is 5. The fraction of sp³-hybridized carbons (Fsp3) is 0.333. The minimum Gasteiger partial charge on any atom is -0.305 e. The predicted molar refractivity (Wildman–Crippen MR) is 91.8 cm³/mol. The highest BCUT2D eigenvalue weighted by atomic mass is 16.2. The van der Waals surface area contributed by atoms with Crippen LogP contribution in [0.25, 0.3) is 11.2 Å². The quantitative estimate of drug-likeness (QED) is 0.744. The van der Waals surface area contributed by atoms with Crippen LogP contribution in [0.4, 0.5) is 5.69 Å². The number of rotatable bonds is 3. The topological polar surface area (TPSA) is 63.9 Å². The molecule has 0 aliphatic heterocycles. The summed E-state index contributed by atoms with van der Waals surface area (Å²) < 4.78 is 1.61. The molecule has 0 saturated heterocycles. The first-order valence-corrected chi connectivity index (χ1v) is 8.28. The van der Waals surface area contributed by atoms with E-state index in [1.807, 2.05) is 35.2 Å². The zero-order chi connectivity index (χ0) is 16.5. The van der Waals surface area contributed by atoms with Crippen LogP contribution in [0.1, 0.15) is 36.0 Å². The second kappa shape index (κ2) is 6.03. The first kappa shape index (κ1) is 14.8. The lowest BCUT2D eigenvalue weighted by Gasteiger charge is -2.29. The van der Waals surface area contributed by atoms with Crippen LogP contribution in [0.3, 0.4) is 0 Å². The molecule has 1 aliphatic carbocycles. The fourth-order valence-electron chi connectivity index (χ4n) is 3.43.